The van der Waals surface area contributed by atoms with Crippen LogP contribution in [0.2, 0.25) is 0 Å². The van der Waals surface area contributed by atoms with Crippen LogP contribution in [-0.2, 0) is 13.1 Å². The Balaban J connectivity index is 0.00000450. The first-order valence-electron chi connectivity index (χ1n) is 9.04. The van der Waals surface area contributed by atoms with Crippen molar-refractivity contribution in [2.75, 3.05) is 42.6 Å². The van der Waals surface area contributed by atoms with Crippen LogP contribution in [-0.4, -0.2) is 48.6 Å². The highest BCUT2D eigenvalue weighted by Crippen LogP contribution is 2.38. The van der Waals surface area contributed by atoms with E-state index in [0.29, 0.717) is 36.3 Å². The van der Waals surface area contributed by atoms with Crippen molar-refractivity contribution in [1.82, 2.24) is 10.6 Å². The molecule has 9 heteroatoms. The van der Waals surface area contributed by atoms with Gasteiger partial charge in [0.2, 0.25) is 5.75 Å². The molecule has 0 bridgehead atoms. The molecule has 0 aliphatic heterocycles. The van der Waals surface area contributed by atoms with Crippen LogP contribution in [0.3, 0.4) is 0 Å². The maximum Gasteiger partial charge on any atom is 0.203 e. The van der Waals surface area contributed by atoms with Crippen LogP contribution in [0.1, 0.15) is 11.1 Å². The lowest BCUT2D eigenvalue weighted by molar-refractivity contribution is 0.323. The lowest BCUT2D eigenvalue weighted by Gasteiger charge is -2.16. The number of nitrogens with one attached hydrogen (secondary N) is 2. The van der Waals surface area contributed by atoms with Gasteiger partial charge in [-0.25, -0.2) is 0 Å². The van der Waals surface area contributed by atoms with Crippen LogP contribution in [0.5, 0.6) is 28.7 Å². The molecule has 166 valence electrons. The van der Waals surface area contributed by atoms with E-state index in [-0.39, 0.29) is 24.0 Å². The molecule has 0 heterocycles. The zero-order valence-corrected chi connectivity index (χ0v) is 20.5. The van der Waals surface area contributed by atoms with Crippen LogP contribution < -0.4 is 34.3 Å². The Morgan fingerprint density at radius 2 is 1.37 bits per heavy atom. The number of guanidine groups is 1. The molecule has 0 aromatic heterocycles. The number of hydrogen-bond acceptors (Lipinski definition) is 6. The average Bonchev–Trinajstić information content (AvgIpc) is 2.78. The highest BCUT2D eigenvalue weighted by Gasteiger charge is 2.13. The zero-order chi connectivity index (χ0) is 21.2. The molecule has 0 amide bonds. The summed E-state index contributed by atoms with van der Waals surface area (Å²) >= 11 is 0. The predicted octanol–water partition coefficient (Wildman–Crippen LogP) is 3.21. The molecular weight excluding hydrogens is 501 g/mol. The molecule has 2 rings (SSSR count). The third-order valence-corrected chi connectivity index (χ3v) is 4.35. The van der Waals surface area contributed by atoms with Crippen molar-refractivity contribution in [3.05, 3.63) is 41.5 Å². The number of methoxy groups -OCH3 is 5. The molecule has 0 radical (unpaired) electrons. The second kappa shape index (κ2) is 12.9. The van der Waals surface area contributed by atoms with Crippen LogP contribution in [0, 0.1) is 0 Å². The van der Waals surface area contributed by atoms with E-state index in [0.717, 1.165) is 22.6 Å². The quantitative estimate of drug-likeness (QED) is 0.292. The molecule has 0 aliphatic rings. The van der Waals surface area contributed by atoms with Gasteiger partial charge in [-0.3, -0.25) is 4.99 Å². The molecule has 2 aromatic carbocycles. The van der Waals surface area contributed by atoms with E-state index >= 15 is 0 Å². The number of aliphatic imine (C=N–C) groups is 1. The lowest BCUT2D eigenvalue weighted by atomic mass is 10.1. The fourth-order valence-corrected chi connectivity index (χ4v) is 2.82. The Kier molecular flexibility index (Phi) is 10.9. The summed E-state index contributed by atoms with van der Waals surface area (Å²) in [6, 6.07) is 9.49. The topological polar surface area (TPSA) is 82.6 Å². The van der Waals surface area contributed by atoms with Gasteiger partial charge in [0.25, 0.3) is 0 Å². The van der Waals surface area contributed by atoms with Gasteiger partial charge in [-0.1, -0.05) is 0 Å². The van der Waals surface area contributed by atoms with Gasteiger partial charge in [-0.05, 0) is 29.8 Å². The van der Waals surface area contributed by atoms with Crippen LogP contribution in [0.25, 0.3) is 0 Å². The van der Waals surface area contributed by atoms with E-state index in [1.54, 1.807) is 42.6 Å². The number of nitrogens with zero attached hydrogens (tertiary/aromatic N) is 1. The van der Waals surface area contributed by atoms with Crippen molar-refractivity contribution < 1.29 is 23.7 Å². The summed E-state index contributed by atoms with van der Waals surface area (Å²) in [6.07, 6.45) is 0. The van der Waals surface area contributed by atoms with Gasteiger partial charge in [0, 0.05) is 31.8 Å². The number of hydrogen-bond donors (Lipinski definition) is 2. The summed E-state index contributed by atoms with van der Waals surface area (Å²) in [5, 5.41) is 6.56. The standard InChI is InChI=1S/C21H29N3O5.HI/c1-22-21(24-13-15-7-8-16(25-2)11-17(15)26-3)23-12-14-9-18(27-4)20(29-6)19(10-14)28-5;/h7-11H,12-13H2,1-6H3,(H2,22,23,24);1H. The summed E-state index contributed by atoms with van der Waals surface area (Å²) in [5.74, 6) is 3.92. The highest BCUT2D eigenvalue weighted by molar-refractivity contribution is 14.0. The number of halogens is 1. The van der Waals surface area contributed by atoms with Crippen molar-refractivity contribution in [2.24, 2.45) is 4.99 Å². The average molecular weight is 531 g/mol. The Labute approximate surface area is 194 Å². The minimum atomic E-state index is 0. The van der Waals surface area contributed by atoms with Gasteiger partial charge in [0.15, 0.2) is 17.5 Å². The minimum Gasteiger partial charge on any atom is -0.497 e. The van der Waals surface area contributed by atoms with Gasteiger partial charge < -0.3 is 34.3 Å². The van der Waals surface area contributed by atoms with Gasteiger partial charge in [0.05, 0.1) is 35.5 Å². The molecule has 8 nitrogen and oxygen atoms in total. The monoisotopic (exact) mass is 531 g/mol. The normalized spacial score (nSPS) is 10.5. The first-order chi connectivity index (χ1) is 14.1. The molecule has 0 unspecified atom stereocenters. The molecule has 0 saturated carbocycles. The van der Waals surface area contributed by atoms with Gasteiger partial charge >= 0.3 is 0 Å². The maximum absolute atomic E-state index is 5.44. The van der Waals surface area contributed by atoms with E-state index in [4.69, 9.17) is 23.7 Å². The van der Waals surface area contributed by atoms with Gasteiger partial charge in [-0.15, -0.1) is 24.0 Å². The highest BCUT2D eigenvalue weighted by atomic mass is 127. The molecule has 0 aliphatic carbocycles. The van der Waals surface area contributed by atoms with E-state index in [1.807, 2.05) is 30.3 Å². The second-order valence-corrected chi connectivity index (χ2v) is 5.99. The van der Waals surface area contributed by atoms with E-state index < -0.39 is 0 Å². The summed E-state index contributed by atoms with van der Waals surface area (Å²) in [6.45, 7) is 1.07. The van der Waals surface area contributed by atoms with Crippen LogP contribution in [0.4, 0.5) is 0 Å². The largest absolute Gasteiger partial charge is 0.497 e. The molecular formula is C21H30IN3O5. The number of benzene rings is 2. The Hall–Kier alpha value is -2.56. The molecule has 0 fully saturated rings. The van der Waals surface area contributed by atoms with E-state index in [1.165, 1.54) is 0 Å². The van der Waals surface area contributed by atoms with Crippen LogP contribution >= 0.6 is 24.0 Å². The maximum atomic E-state index is 5.44. The fourth-order valence-electron chi connectivity index (χ4n) is 2.82. The first-order valence-corrected chi connectivity index (χ1v) is 9.04. The molecule has 0 atom stereocenters. The molecule has 0 saturated heterocycles. The third-order valence-electron chi connectivity index (χ3n) is 4.35. The number of rotatable bonds is 9. The van der Waals surface area contributed by atoms with Gasteiger partial charge in [-0.2, -0.15) is 0 Å². The van der Waals surface area contributed by atoms with Crippen molar-refractivity contribution in [3.8, 4) is 28.7 Å². The van der Waals surface area contributed by atoms with Gasteiger partial charge in [0.1, 0.15) is 11.5 Å². The molecule has 30 heavy (non-hydrogen) atoms. The smallest absolute Gasteiger partial charge is 0.203 e. The summed E-state index contributed by atoms with van der Waals surface area (Å²) in [5.41, 5.74) is 1.95. The van der Waals surface area contributed by atoms with Crippen LogP contribution in [0.15, 0.2) is 35.3 Å². The first kappa shape index (κ1) is 25.5. The van der Waals surface area contributed by atoms with Crippen molar-refractivity contribution in [2.45, 2.75) is 13.1 Å². The Morgan fingerprint density at radius 1 is 0.767 bits per heavy atom. The molecule has 2 aromatic rings. The van der Waals surface area contributed by atoms with Crippen molar-refractivity contribution in [3.63, 3.8) is 0 Å². The zero-order valence-electron chi connectivity index (χ0n) is 18.2. The summed E-state index contributed by atoms with van der Waals surface area (Å²) in [4.78, 5) is 4.27. The molecule has 2 N–H and O–H groups in total. The second-order valence-electron chi connectivity index (χ2n) is 5.99. The fraction of sp³-hybridized carbons (Fsp3) is 0.381. The Morgan fingerprint density at radius 3 is 1.87 bits per heavy atom. The van der Waals surface area contributed by atoms with Crippen molar-refractivity contribution >= 4 is 29.9 Å². The minimum absolute atomic E-state index is 0. The third kappa shape index (κ3) is 6.48. The lowest BCUT2D eigenvalue weighted by Crippen LogP contribution is -2.36. The van der Waals surface area contributed by atoms with E-state index in [9.17, 15) is 0 Å². The SMILES string of the molecule is CN=C(NCc1cc(OC)c(OC)c(OC)c1)NCc1ccc(OC)cc1OC.I. The number of ether oxygens (including phenoxy) is 5. The summed E-state index contributed by atoms with van der Waals surface area (Å²) in [7, 11) is 9.75. The molecule has 0 spiro atoms. The summed E-state index contributed by atoms with van der Waals surface area (Å²) < 4.78 is 26.8. The van der Waals surface area contributed by atoms with E-state index in [2.05, 4.69) is 15.6 Å². The predicted molar refractivity (Wildman–Crippen MR) is 128 cm³/mol. The Bertz CT molecular complexity index is 820. The van der Waals surface area contributed by atoms with Crippen molar-refractivity contribution in [1.29, 1.82) is 0 Å².